The van der Waals surface area contributed by atoms with Crippen LogP contribution in [0.4, 0.5) is 0 Å². The maximum Gasteiger partial charge on any atom is 0.262 e. The highest BCUT2D eigenvalue weighted by Gasteiger charge is 2.46. The molecule has 22 heavy (non-hydrogen) atoms. The summed E-state index contributed by atoms with van der Waals surface area (Å²) in [7, 11) is 0. The van der Waals surface area contributed by atoms with Crippen LogP contribution in [-0.4, -0.2) is 11.7 Å². The molecule has 1 amide bonds. The van der Waals surface area contributed by atoms with E-state index in [-0.39, 0.29) is 5.91 Å². The molecule has 0 aromatic heterocycles. The number of amides is 1. The predicted octanol–water partition coefficient (Wildman–Crippen LogP) is 3.65. The van der Waals surface area contributed by atoms with Gasteiger partial charge in [0.1, 0.15) is 5.84 Å². The lowest BCUT2D eigenvalue weighted by Crippen LogP contribution is -2.38. The van der Waals surface area contributed by atoms with Gasteiger partial charge in [-0.05, 0) is 17.5 Å². The van der Waals surface area contributed by atoms with E-state index in [0.29, 0.717) is 0 Å². The number of unbranched alkanes of at least 4 members (excludes halogenated alkanes) is 1. The fourth-order valence-corrected chi connectivity index (χ4v) is 2.88. The summed E-state index contributed by atoms with van der Waals surface area (Å²) in [5.41, 5.74) is 0.862. The van der Waals surface area contributed by atoms with E-state index >= 15 is 0 Å². The van der Waals surface area contributed by atoms with Crippen LogP contribution in [0, 0.1) is 0 Å². The Morgan fingerprint density at radius 3 is 2.00 bits per heavy atom. The third-order valence-corrected chi connectivity index (χ3v) is 4.04. The van der Waals surface area contributed by atoms with E-state index in [1.807, 2.05) is 60.7 Å². The van der Waals surface area contributed by atoms with Gasteiger partial charge in [-0.1, -0.05) is 74.0 Å². The second-order valence-corrected chi connectivity index (χ2v) is 5.56. The van der Waals surface area contributed by atoms with Crippen molar-refractivity contribution in [2.75, 3.05) is 0 Å². The van der Waals surface area contributed by atoms with E-state index in [4.69, 9.17) is 4.99 Å². The first kappa shape index (κ1) is 14.5. The van der Waals surface area contributed by atoms with E-state index in [9.17, 15) is 4.79 Å². The second kappa shape index (κ2) is 6.14. The van der Waals surface area contributed by atoms with Crippen molar-refractivity contribution in [1.29, 1.82) is 0 Å². The molecule has 0 unspecified atom stereocenters. The third kappa shape index (κ3) is 2.43. The van der Waals surface area contributed by atoms with Crippen LogP contribution in [0.3, 0.4) is 0 Å². The fraction of sp³-hybridized carbons (Fsp3) is 0.263. The first-order valence-corrected chi connectivity index (χ1v) is 7.78. The number of aliphatic imine (C=N–C) groups is 1. The van der Waals surface area contributed by atoms with Gasteiger partial charge in [-0.15, -0.1) is 0 Å². The van der Waals surface area contributed by atoms with Crippen molar-refractivity contribution in [3.8, 4) is 0 Å². The molecule has 3 nitrogen and oxygen atoms in total. The summed E-state index contributed by atoms with van der Waals surface area (Å²) in [5, 5.41) is 2.99. The zero-order valence-corrected chi connectivity index (χ0v) is 12.8. The quantitative estimate of drug-likeness (QED) is 0.898. The summed E-state index contributed by atoms with van der Waals surface area (Å²) < 4.78 is 0. The highest BCUT2D eigenvalue weighted by atomic mass is 16.2. The largest absolute Gasteiger partial charge is 0.312 e. The molecule has 3 rings (SSSR count). The molecule has 0 bridgehead atoms. The number of benzene rings is 2. The highest BCUT2D eigenvalue weighted by molar-refractivity contribution is 6.10. The number of rotatable bonds is 5. The molecule has 1 heterocycles. The number of hydrogen-bond donors (Lipinski definition) is 1. The summed E-state index contributed by atoms with van der Waals surface area (Å²) in [6.07, 6.45) is 2.92. The molecule has 0 saturated carbocycles. The van der Waals surface area contributed by atoms with Crippen molar-refractivity contribution in [3.63, 3.8) is 0 Å². The number of carbonyl (C=O) groups excluding carboxylic acids is 1. The minimum absolute atomic E-state index is 0.0593. The topological polar surface area (TPSA) is 41.5 Å². The SMILES string of the molecule is CCCCC1=NC(c2ccccc2)(c2ccccc2)C(=O)N1. The van der Waals surface area contributed by atoms with Crippen molar-refractivity contribution in [2.45, 2.75) is 31.7 Å². The van der Waals surface area contributed by atoms with E-state index < -0.39 is 5.54 Å². The van der Waals surface area contributed by atoms with Crippen LogP contribution in [-0.2, 0) is 10.3 Å². The number of nitrogens with zero attached hydrogens (tertiary/aromatic N) is 1. The van der Waals surface area contributed by atoms with Gasteiger partial charge in [0.05, 0.1) is 0 Å². The van der Waals surface area contributed by atoms with Gasteiger partial charge in [0.25, 0.3) is 5.91 Å². The van der Waals surface area contributed by atoms with Gasteiger partial charge < -0.3 is 5.32 Å². The molecule has 112 valence electrons. The highest BCUT2D eigenvalue weighted by Crippen LogP contribution is 2.37. The Bertz CT molecular complexity index is 638. The lowest BCUT2D eigenvalue weighted by molar-refractivity contribution is -0.122. The molecule has 2 aromatic carbocycles. The zero-order valence-electron chi connectivity index (χ0n) is 12.8. The monoisotopic (exact) mass is 292 g/mol. The average molecular weight is 292 g/mol. The second-order valence-electron chi connectivity index (χ2n) is 5.56. The van der Waals surface area contributed by atoms with Gasteiger partial charge in [0.15, 0.2) is 5.54 Å². The van der Waals surface area contributed by atoms with Crippen LogP contribution in [0.5, 0.6) is 0 Å². The summed E-state index contributed by atoms with van der Waals surface area (Å²) in [6.45, 7) is 2.14. The first-order chi connectivity index (χ1) is 10.8. The number of amidine groups is 1. The molecule has 1 aliphatic heterocycles. The summed E-state index contributed by atoms with van der Waals surface area (Å²) in [6, 6.07) is 19.6. The molecular formula is C19H20N2O. The van der Waals surface area contributed by atoms with Gasteiger partial charge >= 0.3 is 0 Å². The molecule has 0 radical (unpaired) electrons. The molecule has 1 N–H and O–H groups in total. The van der Waals surface area contributed by atoms with E-state index in [1.165, 1.54) is 0 Å². The maximum atomic E-state index is 12.8. The molecule has 0 atom stereocenters. The van der Waals surface area contributed by atoms with Crippen molar-refractivity contribution < 1.29 is 4.79 Å². The smallest absolute Gasteiger partial charge is 0.262 e. The third-order valence-electron chi connectivity index (χ3n) is 4.04. The van der Waals surface area contributed by atoms with Gasteiger partial charge in [-0.3, -0.25) is 4.79 Å². The van der Waals surface area contributed by atoms with Crippen molar-refractivity contribution in [3.05, 3.63) is 71.8 Å². The molecule has 3 heteroatoms. The lowest BCUT2D eigenvalue weighted by atomic mass is 9.83. The minimum atomic E-state index is -0.953. The molecular weight excluding hydrogens is 272 g/mol. The van der Waals surface area contributed by atoms with E-state index in [1.54, 1.807) is 0 Å². The average Bonchev–Trinajstić information content (AvgIpc) is 2.92. The van der Waals surface area contributed by atoms with Crippen LogP contribution >= 0.6 is 0 Å². The van der Waals surface area contributed by atoms with Crippen LogP contribution in [0.1, 0.15) is 37.3 Å². The Morgan fingerprint density at radius 2 is 1.50 bits per heavy atom. The van der Waals surface area contributed by atoms with Crippen molar-refractivity contribution in [2.24, 2.45) is 4.99 Å². The number of carbonyl (C=O) groups is 1. The van der Waals surface area contributed by atoms with Gasteiger partial charge in [0.2, 0.25) is 0 Å². The number of hydrogen-bond acceptors (Lipinski definition) is 2. The van der Waals surface area contributed by atoms with Crippen LogP contribution in [0.25, 0.3) is 0 Å². The van der Waals surface area contributed by atoms with Crippen LogP contribution < -0.4 is 5.32 Å². The summed E-state index contributed by atoms with van der Waals surface area (Å²) >= 11 is 0. The molecule has 2 aromatic rings. The Balaban J connectivity index is 2.13. The summed E-state index contributed by atoms with van der Waals surface area (Å²) in [4.78, 5) is 17.7. The molecule has 1 aliphatic rings. The first-order valence-electron chi connectivity index (χ1n) is 7.78. The lowest BCUT2D eigenvalue weighted by Gasteiger charge is -2.24. The number of nitrogens with one attached hydrogen (secondary N) is 1. The Labute approximate surface area is 131 Å². The minimum Gasteiger partial charge on any atom is -0.312 e. The van der Waals surface area contributed by atoms with Gasteiger partial charge in [-0.25, -0.2) is 4.99 Å². The molecule has 0 fully saturated rings. The maximum absolute atomic E-state index is 12.8. The molecule has 0 spiro atoms. The summed E-state index contributed by atoms with van der Waals surface area (Å²) in [5.74, 6) is 0.732. The van der Waals surface area contributed by atoms with Crippen LogP contribution in [0.15, 0.2) is 65.7 Å². The Kier molecular flexibility index (Phi) is 4.05. The van der Waals surface area contributed by atoms with Gasteiger partial charge in [-0.2, -0.15) is 0 Å². The Hall–Kier alpha value is -2.42. The normalized spacial score (nSPS) is 16.2. The van der Waals surface area contributed by atoms with E-state index in [0.717, 1.165) is 36.2 Å². The molecule has 0 aliphatic carbocycles. The Morgan fingerprint density at radius 1 is 0.955 bits per heavy atom. The predicted molar refractivity (Wildman–Crippen MR) is 88.8 cm³/mol. The van der Waals surface area contributed by atoms with E-state index in [2.05, 4.69) is 12.2 Å². The molecule has 0 saturated heterocycles. The van der Waals surface area contributed by atoms with Crippen LogP contribution in [0.2, 0.25) is 0 Å². The standard InChI is InChI=1S/C19H20N2O/c1-2-3-14-17-20-18(22)19(21-17,15-10-6-4-7-11-15)16-12-8-5-9-13-16/h4-13H,2-3,14H2,1H3,(H,20,21,22). The van der Waals surface area contributed by atoms with Crippen molar-refractivity contribution >= 4 is 11.7 Å². The van der Waals surface area contributed by atoms with Gasteiger partial charge in [0, 0.05) is 6.42 Å². The fourth-order valence-electron chi connectivity index (χ4n) is 2.88. The zero-order chi connectivity index (χ0) is 15.4. The van der Waals surface area contributed by atoms with Crippen molar-refractivity contribution in [1.82, 2.24) is 5.32 Å².